The summed E-state index contributed by atoms with van der Waals surface area (Å²) in [6.07, 6.45) is 3.28. The maximum Gasteiger partial charge on any atom is 0.261 e. The van der Waals surface area contributed by atoms with Gasteiger partial charge < -0.3 is 5.32 Å². The van der Waals surface area contributed by atoms with Crippen LogP contribution in [0.4, 0.5) is 5.82 Å². The molecule has 2 aromatic heterocycles. The fraction of sp³-hybridized carbons (Fsp3) is 0.143. The van der Waals surface area contributed by atoms with Crippen molar-refractivity contribution in [2.75, 3.05) is 5.32 Å². The standard InChI is InChI=1S/C21H18BrN5O2/c22-17-7-3-1-5-15(17)13-27-19(9-11-24-27)25-20(28)10-12-26-14-23-18-8-4-2-6-16(18)21(26)29/h1-9,11,14H,10,12-13H2,(H,25,28). The highest BCUT2D eigenvalue weighted by molar-refractivity contribution is 9.10. The first-order valence-electron chi connectivity index (χ1n) is 9.11. The van der Waals surface area contributed by atoms with Crippen molar-refractivity contribution in [1.29, 1.82) is 0 Å². The second-order valence-electron chi connectivity index (χ2n) is 6.52. The van der Waals surface area contributed by atoms with Gasteiger partial charge in [0.05, 0.1) is 30.0 Å². The lowest BCUT2D eigenvalue weighted by Gasteiger charge is -2.11. The van der Waals surface area contributed by atoms with Crippen molar-refractivity contribution in [2.45, 2.75) is 19.5 Å². The van der Waals surface area contributed by atoms with Crippen molar-refractivity contribution < 1.29 is 4.79 Å². The second kappa shape index (κ2) is 8.40. The topological polar surface area (TPSA) is 81.8 Å². The van der Waals surface area contributed by atoms with Crippen LogP contribution in [0, 0.1) is 0 Å². The molecule has 4 aromatic rings. The molecule has 0 bridgehead atoms. The van der Waals surface area contributed by atoms with Gasteiger partial charge in [-0.3, -0.25) is 14.2 Å². The van der Waals surface area contributed by atoms with Gasteiger partial charge in [0.1, 0.15) is 5.82 Å². The molecule has 146 valence electrons. The van der Waals surface area contributed by atoms with Gasteiger partial charge in [0, 0.05) is 23.5 Å². The Bertz CT molecular complexity index is 1230. The van der Waals surface area contributed by atoms with Crippen LogP contribution in [0.25, 0.3) is 10.9 Å². The normalized spacial score (nSPS) is 10.9. The fourth-order valence-electron chi connectivity index (χ4n) is 3.05. The molecule has 0 aliphatic heterocycles. The molecular weight excluding hydrogens is 434 g/mol. The molecule has 7 nitrogen and oxygen atoms in total. The van der Waals surface area contributed by atoms with E-state index in [1.165, 1.54) is 10.9 Å². The summed E-state index contributed by atoms with van der Waals surface area (Å²) in [6.45, 7) is 0.777. The first kappa shape index (κ1) is 19.1. The number of rotatable bonds is 6. The number of carbonyl (C=O) groups is 1. The van der Waals surface area contributed by atoms with Crippen LogP contribution >= 0.6 is 15.9 Å². The van der Waals surface area contributed by atoms with Gasteiger partial charge in [0.25, 0.3) is 5.56 Å². The number of aryl methyl sites for hydroxylation is 1. The summed E-state index contributed by atoms with van der Waals surface area (Å²) in [5.74, 6) is 0.411. The first-order valence-corrected chi connectivity index (χ1v) is 9.90. The van der Waals surface area contributed by atoms with Crippen LogP contribution in [0.15, 0.2) is 76.4 Å². The summed E-state index contributed by atoms with van der Waals surface area (Å²) in [5, 5.41) is 7.70. The van der Waals surface area contributed by atoms with Crippen LogP contribution in [0.5, 0.6) is 0 Å². The number of carbonyl (C=O) groups excluding carboxylic acids is 1. The minimum absolute atomic E-state index is 0.151. The number of benzene rings is 2. The highest BCUT2D eigenvalue weighted by Gasteiger charge is 2.10. The van der Waals surface area contributed by atoms with Crippen molar-refractivity contribution >= 4 is 38.6 Å². The van der Waals surface area contributed by atoms with Crippen LogP contribution in [0.3, 0.4) is 0 Å². The number of amides is 1. The monoisotopic (exact) mass is 451 g/mol. The van der Waals surface area contributed by atoms with Crippen molar-refractivity contribution in [3.05, 3.63) is 87.5 Å². The molecule has 0 atom stereocenters. The molecular formula is C21H18BrN5O2. The fourth-order valence-corrected chi connectivity index (χ4v) is 3.46. The lowest BCUT2D eigenvalue weighted by atomic mass is 10.2. The van der Waals surface area contributed by atoms with Gasteiger partial charge in [-0.05, 0) is 23.8 Å². The summed E-state index contributed by atoms with van der Waals surface area (Å²) in [6, 6.07) is 16.8. The first-order chi connectivity index (χ1) is 14.1. The number of nitrogens with zero attached hydrogens (tertiary/aromatic N) is 4. The molecule has 0 aliphatic carbocycles. The lowest BCUT2D eigenvalue weighted by molar-refractivity contribution is -0.116. The molecule has 0 unspecified atom stereocenters. The number of hydrogen-bond acceptors (Lipinski definition) is 4. The summed E-state index contributed by atoms with van der Waals surface area (Å²) < 4.78 is 4.16. The quantitative estimate of drug-likeness (QED) is 0.486. The molecule has 2 heterocycles. The van der Waals surface area contributed by atoms with E-state index >= 15 is 0 Å². The van der Waals surface area contributed by atoms with Gasteiger partial charge in [0.2, 0.25) is 5.91 Å². The number of para-hydroxylation sites is 1. The van der Waals surface area contributed by atoms with E-state index in [1.807, 2.05) is 30.3 Å². The van der Waals surface area contributed by atoms with Gasteiger partial charge in [-0.1, -0.05) is 46.3 Å². The molecule has 8 heteroatoms. The average molecular weight is 452 g/mol. The van der Waals surface area contributed by atoms with Crippen LogP contribution < -0.4 is 10.9 Å². The summed E-state index contributed by atoms with van der Waals surface area (Å²) in [7, 11) is 0. The Morgan fingerprint density at radius 2 is 1.86 bits per heavy atom. The molecule has 1 amide bonds. The van der Waals surface area contributed by atoms with Crippen molar-refractivity contribution in [1.82, 2.24) is 19.3 Å². The van der Waals surface area contributed by atoms with E-state index in [0.29, 0.717) is 23.3 Å². The van der Waals surface area contributed by atoms with E-state index in [0.717, 1.165) is 10.0 Å². The number of anilines is 1. The maximum atomic E-state index is 12.5. The summed E-state index contributed by atoms with van der Waals surface area (Å²) >= 11 is 3.53. The Morgan fingerprint density at radius 1 is 1.07 bits per heavy atom. The third-order valence-electron chi connectivity index (χ3n) is 4.57. The third-order valence-corrected chi connectivity index (χ3v) is 5.35. The average Bonchev–Trinajstić information content (AvgIpc) is 3.16. The minimum Gasteiger partial charge on any atom is -0.311 e. The minimum atomic E-state index is -0.195. The van der Waals surface area contributed by atoms with Crippen molar-refractivity contribution in [3.63, 3.8) is 0 Å². The molecule has 0 saturated carbocycles. The Kier molecular flexibility index (Phi) is 5.53. The van der Waals surface area contributed by atoms with E-state index in [1.54, 1.807) is 35.1 Å². The van der Waals surface area contributed by atoms with Gasteiger partial charge in [-0.2, -0.15) is 5.10 Å². The molecule has 2 aromatic carbocycles. The van der Waals surface area contributed by atoms with Gasteiger partial charge in [-0.25, -0.2) is 9.67 Å². The number of aromatic nitrogens is 4. The molecule has 0 saturated heterocycles. The van der Waals surface area contributed by atoms with E-state index in [2.05, 4.69) is 31.3 Å². The SMILES string of the molecule is O=C(CCn1cnc2ccccc2c1=O)Nc1ccnn1Cc1ccccc1Br. The van der Waals surface area contributed by atoms with E-state index < -0.39 is 0 Å². The summed E-state index contributed by atoms with van der Waals surface area (Å²) in [5.41, 5.74) is 1.55. The Morgan fingerprint density at radius 3 is 2.72 bits per heavy atom. The number of halogens is 1. The predicted octanol–water partition coefficient (Wildman–Crippen LogP) is 3.43. The van der Waals surface area contributed by atoms with Crippen LogP contribution in [-0.4, -0.2) is 25.2 Å². The zero-order valence-electron chi connectivity index (χ0n) is 15.5. The highest BCUT2D eigenvalue weighted by Crippen LogP contribution is 2.18. The largest absolute Gasteiger partial charge is 0.311 e. The molecule has 0 aliphatic rings. The smallest absolute Gasteiger partial charge is 0.261 e. The number of hydrogen-bond donors (Lipinski definition) is 1. The maximum absolute atomic E-state index is 12.5. The van der Waals surface area contributed by atoms with Gasteiger partial charge in [-0.15, -0.1) is 0 Å². The number of nitrogens with one attached hydrogen (secondary N) is 1. The Balaban J connectivity index is 1.42. The van der Waals surface area contributed by atoms with Gasteiger partial charge >= 0.3 is 0 Å². The molecule has 1 N–H and O–H groups in total. The van der Waals surface area contributed by atoms with Crippen LogP contribution in [-0.2, 0) is 17.9 Å². The number of fused-ring (bicyclic) bond motifs is 1. The van der Waals surface area contributed by atoms with Crippen LogP contribution in [0.2, 0.25) is 0 Å². The lowest BCUT2D eigenvalue weighted by Crippen LogP contribution is -2.24. The highest BCUT2D eigenvalue weighted by atomic mass is 79.9. The molecule has 0 radical (unpaired) electrons. The Hall–Kier alpha value is -3.26. The second-order valence-corrected chi connectivity index (χ2v) is 7.38. The van der Waals surface area contributed by atoms with E-state index in [9.17, 15) is 9.59 Å². The van der Waals surface area contributed by atoms with Crippen molar-refractivity contribution in [3.8, 4) is 0 Å². The van der Waals surface area contributed by atoms with E-state index in [4.69, 9.17) is 0 Å². The molecule has 0 fully saturated rings. The van der Waals surface area contributed by atoms with Gasteiger partial charge in [0.15, 0.2) is 0 Å². The molecule has 4 rings (SSSR count). The van der Waals surface area contributed by atoms with Crippen LogP contribution in [0.1, 0.15) is 12.0 Å². The molecule has 0 spiro atoms. The predicted molar refractivity (Wildman–Crippen MR) is 115 cm³/mol. The van der Waals surface area contributed by atoms with Crippen molar-refractivity contribution in [2.24, 2.45) is 0 Å². The zero-order valence-corrected chi connectivity index (χ0v) is 17.0. The Labute approximate surface area is 175 Å². The molecule has 29 heavy (non-hydrogen) atoms. The third kappa shape index (κ3) is 4.27. The summed E-state index contributed by atoms with van der Waals surface area (Å²) in [4.78, 5) is 29.2. The zero-order chi connectivity index (χ0) is 20.2. The van der Waals surface area contributed by atoms with E-state index in [-0.39, 0.29) is 24.4 Å².